The molecule has 1 aliphatic heterocycles. The predicted octanol–water partition coefficient (Wildman–Crippen LogP) is 0.656. The van der Waals surface area contributed by atoms with Crippen molar-refractivity contribution in [3.63, 3.8) is 0 Å². The van der Waals surface area contributed by atoms with Crippen LogP contribution in [0.5, 0.6) is 0 Å². The zero-order valence-corrected chi connectivity index (χ0v) is 12.6. The Labute approximate surface area is 126 Å². The van der Waals surface area contributed by atoms with E-state index in [0.29, 0.717) is 12.6 Å². The number of benzene rings is 1. The predicted molar refractivity (Wildman–Crippen MR) is 81.7 cm³/mol. The van der Waals surface area contributed by atoms with Crippen LogP contribution in [0.25, 0.3) is 0 Å². The van der Waals surface area contributed by atoms with Crippen molar-refractivity contribution in [2.75, 3.05) is 40.3 Å². The Bertz CT molecular complexity index is 511. The van der Waals surface area contributed by atoms with Crippen LogP contribution in [0.2, 0.25) is 0 Å². The average Bonchev–Trinajstić information content (AvgIpc) is 2.50. The zero-order valence-electron chi connectivity index (χ0n) is 12.6. The van der Waals surface area contributed by atoms with Crippen LogP contribution in [0.4, 0.5) is 0 Å². The van der Waals surface area contributed by atoms with Crippen molar-refractivity contribution in [3.05, 3.63) is 35.9 Å². The van der Waals surface area contributed by atoms with Crippen molar-refractivity contribution in [1.29, 1.82) is 5.26 Å². The van der Waals surface area contributed by atoms with E-state index in [2.05, 4.69) is 35.3 Å². The molecular weight excluding hydrogens is 264 g/mol. The zero-order chi connectivity index (χ0) is 15.2. The molecule has 1 aliphatic rings. The number of rotatable bonds is 4. The van der Waals surface area contributed by atoms with Gasteiger partial charge in [-0.2, -0.15) is 5.26 Å². The van der Waals surface area contributed by atoms with Crippen molar-refractivity contribution in [2.45, 2.75) is 12.0 Å². The minimum absolute atomic E-state index is 0.217. The molecule has 1 amide bonds. The molecule has 0 saturated carbocycles. The highest BCUT2D eigenvalue weighted by molar-refractivity contribution is 5.86. The number of piperazine rings is 1. The highest BCUT2D eigenvalue weighted by atomic mass is 16.1. The van der Waals surface area contributed by atoms with Gasteiger partial charge in [0.25, 0.3) is 0 Å². The summed E-state index contributed by atoms with van der Waals surface area (Å²) in [6.45, 7) is 3.55. The van der Waals surface area contributed by atoms with Crippen molar-refractivity contribution in [1.82, 2.24) is 15.1 Å². The van der Waals surface area contributed by atoms with E-state index < -0.39 is 5.92 Å². The van der Waals surface area contributed by atoms with Gasteiger partial charge in [0.2, 0.25) is 5.91 Å². The number of nitrogens with zero attached hydrogens (tertiary/aromatic N) is 3. The van der Waals surface area contributed by atoms with Crippen LogP contribution in [-0.2, 0) is 4.79 Å². The van der Waals surface area contributed by atoms with Gasteiger partial charge in [-0.15, -0.1) is 0 Å². The molecule has 2 atom stereocenters. The van der Waals surface area contributed by atoms with E-state index in [1.165, 1.54) is 0 Å². The number of carbonyl (C=O) groups excluding carboxylic acids is 1. The van der Waals surface area contributed by atoms with Crippen LogP contribution in [0, 0.1) is 11.3 Å². The van der Waals surface area contributed by atoms with E-state index >= 15 is 0 Å². The van der Waals surface area contributed by atoms with Gasteiger partial charge >= 0.3 is 0 Å². The molecule has 2 unspecified atom stereocenters. The van der Waals surface area contributed by atoms with Crippen LogP contribution >= 0.6 is 0 Å². The lowest BCUT2D eigenvalue weighted by atomic mass is 10.00. The van der Waals surface area contributed by atoms with Crippen LogP contribution < -0.4 is 5.32 Å². The SMILES string of the molecule is CN1CCN(C)C(CNC(=O)C(C#N)c2ccccc2)C1. The van der Waals surface area contributed by atoms with Crippen molar-refractivity contribution in [2.24, 2.45) is 0 Å². The maximum absolute atomic E-state index is 12.2. The molecule has 0 aliphatic carbocycles. The fraction of sp³-hybridized carbons (Fsp3) is 0.500. The number of nitrogens with one attached hydrogen (secondary N) is 1. The molecule has 1 heterocycles. The molecule has 1 saturated heterocycles. The third kappa shape index (κ3) is 4.03. The fourth-order valence-corrected chi connectivity index (χ4v) is 2.57. The Morgan fingerprint density at radius 3 is 2.76 bits per heavy atom. The normalized spacial score (nSPS) is 21.5. The second-order valence-electron chi connectivity index (χ2n) is 5.61. The quantitative estimate of drug-likeness (QED) is 0.883. The molecule has 112 valence electrons. The maximum atomic E-state index is 12.2. The molecule has 0 aromatic heterocycles. The third-order valence-electron chi connectivity index (χ3n) is 4.02. The molecule has 1 aromatic carbocycles. The fourth-order valence-electron chi connectivity index (χ4n) is 2.57. The molecule has 1 N–H and O–H groups in total. The topological polar surface area (TPSA) is 59.4 Å². The van der Waals surface area contributed by atoms with Crippen LogP contribution in [0.15, 0.2) is 30.3 Å². The van der Waals surface area contributed by atoms with Crippen molar-refractivity contribution >= 4 is 5.91 Å². The first-order valence-electron chi connectivity index (χ1n) is 7.23. The monoisotopic (exact) mass is 286 g/mol. The summed E-state index contributed by atoms with van der Waals surface area (Å²) in [5.41, 5.74) is 0.742. The van der Waals surface area contributed by atoms with E-state index in [-0.39, 0.29) is 5.91 Å². The minimum Gasteiger partial charge on any atom is -0.353 e. The molecular formula is C16H22N4O. The smallest absolute Gasteiger partial charge is 0.241 e. The van der Waals surface area contributed by atoms with Crippen molar-refractivity contribution in [3.8, 4) is 6.07 Å². The second-order valence-corrected chi connectivity index (χ2v) is 5.61. The number of amides is 1. The third-order valence-corrected chi connectivity index (χ3v) is 4.02. The van der Waals surface area contributed by atoms with Crippen LogP contribution in [-0.4, -0.2) is 62.0 Å². The van der Waals surface area contributed by atoms with E-state index in [1.807, 2.05) is 30.3 Å². The molecule has 0 radical (unpaired) electrons. The lowest BCUT2D eigenvalue weighted by molar-refractivity contribution is -0.121. The lowest BCUT2D eigenvalue weighted by Crippen LogP contribution is -2.54. The van der Waals surface area contributed by atoms with E-state index in [9.17, 15) is 10.1 Å². The maximum Gasteiger partial charge on any atom is 0.241 e. The summed E-state index contributed by atoms with van der Waals surface area (Å²) in [6, 6.07) is 11.6. The summed E-state index contributed by atoms with van der Waals surface area (Å²) in [5, 5.41) is 12.2. The number of hydrogen-bond donors (Lipinski definition) is 1. The van der Waals surface area contributed by atoms with Crippen LogP contribution in [0.1, 0.15) is 11.5 Å². The van der Waals surface area contributed by atoms with Crippen molar-refractivity contribution < 1.29 is 4.79 Å². The molecule has 21 heavy (non-hydrogen) atoms. The number of nitriles is 1. The number of likely N-dealkylation sites (N-methyl/N-ethyl adjacent to an activating group) is 2. The summed E-state index contributed by atoms with van der Waals surface area (Å²) in [6.07, 6.45) is 0. The Hall–Kier alpha value is -1.90. The summed E-state index contributed by atoms with van der Waals surface area (Å²) in [5.74, 6) is -0.955. The van der Waals surface area contributed by atoms with Gasteiger partial charge in [-0.1, -0.05) is 30.3 Å². The molecule has 5 nitrogen and oxygen atoms in total. The van der Waals surface area contributed by atoms with Gasteiger partial charge in [-0.05, 0) is 19.7 Å². The van der Waals surface area contributed by atoms with E-state index in [1.54, 1.807) is 0 Å². The molecule has 0 spiro atoms. The number of hydrogen-bond acceptors (Lipinski definition) is 4. The highest BCUT2D eigenvalue weighted by Crippen LogP contribution is 2.14. The first-order chi connectivity index (χ1) is 10.1. The van der Waals surface area contributed by atoms with E-state index in [0.717, 1.165) is 25.2 Å². The van der Waals surface area contributed by atoms with Gasteiger partial charge in [0, 0.05) is 32.2 Å². The Balaban J connectivity index is 1.93. The molecule has 2 rings (SSSR count). The standard InChI is InChI=1S/C16H22N4O/c1-19-8-9-20(2)14(12-19)11-18-16(21)15(10-17)13-6-4-3-5-7-13/h3-7,14-15H,8-9,11-12H2,1-2H3,(H,18,21). The van der Waals surface area contributed by atoms with Gasteiger partial charge in [0.15, 0.2) is 0 Å². The first kappa shape index (κ1) is 15.5. The first-order valence-corrected chi connectivity index (χ1v) is 7.23. The van der Waals surface area contributed by atoms with E-state index in [4.69, 9.17) is 0 Å². The van der Waals surface area contributed by atoms with Gasteiger partial charge in [-0.25, -0.2) is 0 Å². The molecule has 0 bridgehead atoms. The Morgan fingerprint density at radius 2 is 2.10 bits per heavy atom. The van der Waals surface area contributed by atoms with Gasteiger partial charge in [-0.3, -0.25) is 9.69 Å². The molecule has 1 aromatic rings. The molecule has 1 fully saturated rings. The van der Waals surface area contributed by atoms with Gasteiger partial charge in [0.05, 0.1) is 6.07 Å². The lowest BCUT2D eigenvalue weighted by Gasteiger charge is -2.37. The molecule has 5 heteroatoms. The summed E-state index contributed by atoms with van der Waals surface area (Å²) in [7, 11) is 4.16. The largest absolute Gasteiger partial charge is 0.353 e. The summed E-state index contributed by atoms with van der Waals surface area (Å²) >= 11 is 0. The summed E-state index contributed by atoms with van der Waals surface area (Å²) < 4.78 is 0. The Morgan fingerprint density at radius 1 is 1.38 bits per heavy atom. The Kier molecular flexibility index (Phi) is 5.32. The number of carbonyl (C=O) groups is 1. The van der Waals surface area contributed by atoms with Gasteiger partial charge < -0.3 is 10.2 Å². The highest BCUT2D eigenvalue weighted by Gasteiger charge is 2.25. The van der Waals surface area contributed by atoms with Gasteiger partial charge in [0.1, 0.15) is 5.92 Å². The van der Waals surface area contributed by atoms with Crippen LogP contribution in [0.3, 0.4) is 0 Å². The average molecular weight is 286 g/mol. The summed E-state index contributed by atoms with van der Waals surface area (Å²) in [4.78, 5) is 16.8. The second kappa shape index (κ2) is 7.21. The minimum atomic E-state index is -0.738.